The third-order valence-electron chi connectivity index (χ3n) is 2.93. The number of sulfonamides is 1. The second-order valence-corrected chi connectivity index (χ2v) is 7.98. The number of nitrogens with zero attached hydrogens (tertiary/aromatic N) is 2. The first kappa shape index (κ1) is 16.6. The fourth-order valence-corrected chi connectivity index (χ4v) is 4.56. The van der Waals surface area contributed by atoms with Gasteiger partial charge in [-0.1, -0.05) is 11.6 Å². The molecule has 1 aliphatic rings. The molecule has 1 aliphatic heterocycles. The molecule has 21 heavy (non-hydrogen) atoms. The van der Waals surface area contributed by atoms with Crippen LogP contribution < -0.4 is 4.72 Å². The van der Waals surface area contributed by atoms with Crippen molar-refractivity contribution in [1.29, 1.82) is 0 Å². The summed E-state index contributed by atoms with van der Waals surface area (Å²) in [7, 11) is -3.77. The molecule has 11 heteroatoms. The minimum atomic E-state index is -3.77. The zero-order chi connectivity index (χ0) is 15.5. The molecule has 2 heterocycles. The van der Waals surface area contributed by atoms with E-state index in [0.29, 0.717) is 31.1 Å². The van der Waals surface area contributed by atoms with Crippen molar-refractivity contribution in [2.75, 3.05) is 39.4 Å². The molecule has 1 aromatic heterocycles. The summed E-state index contributed by atoms with van der Waals surface area (Å²) in [4.78, 5) is 12.1. The zero-order valence-corrected chi connectivity index (χ0v) is 13.3. The number of halogens is 1. The minimum absolute atomic E-state index is 0.145. The number of thiophene rings is 1. The van der Waals surface area contributed by atoms with Gasteiger partial charge in [-0.05, 0) is 0 Å². The van der Waals surface area contributed by atoms with Gasteiger partial charge in [0.1, 0.15) is 4.21 Å². The van der Waals surface area contributed by atoms with E-state index in [-0.39, 0.29) is 15.1 Å². The van der Waals surface area contributed by atoms with E-state index in [2.05, 4.69) is 9.62 Å². The molecule has 0 radical (unpaired) electrons. The second-order valence-electron chi connectivity index (χ2n) is 4.33. The summed E-state index contributed by atoms with van der Waals surface area (Å²) in [5.41, 5.74) is -0.393. The number of rotatable bonds is 6. The molecule has 1 fully saturated rings. The number of hydrogen-bond donors (Lipinski definition) is 1. The highest BCUT2D eigenvalue weighted by atomic mass is 35.5. The highest BCUT2D eigenvalue weighted by Gasteiger charge is 2.25. The predicted octanol–water partition coefficient (Wildman–Crippen LogP) is 0.920. The molecule has 118 valence electrons. The molecular formula is C10H14ClN3O5S2. The molecule has 1 saturated heterocycles. The van der Waals surface area contributed by atoms with Gasteiger partial charge in [0.25, 0.3) is 5.69 Å². The summed E-state index contributed by atoms with van der Waals surface area (Å²) in [6, 6.07) is 0.976. The predicted molar refractivity (Wildman–Crippen MR) is 78.4 cm³/mol. The van der Waals surface area contributed by atoms with Crippen LogP contribution in [0.4, 0.5) is 5.69 Å². The molecule has 0 amide bonds. The van der Waals surface area contributed by atoms with E-state index < -0.39 is 20.6 Å². The Balaban J connectivity index is 1.95. The average Bonchev–Trinajstić information content (AvgIpc) is 2.83. The van der Waals surface area contributed by atoms with Gasteiger partial charge in [-0.15, -0.1) is 11.3 Å². The molecule has 2 rings (SSSR count). The van der Waals surface area contributed by atoms with Gasteiger partial charge in [0, 0.05) is 32.2 Å². The highest BCUT2D eigenvalue weighted by Crippen LogP contribution is 2.35. The molecule has 1 N–H and O–H groups in total. The molecule has 8 nitrogen and oxygen atoms in total. The van der Waals surface area contributed by atoms with Crippen LogP contribution in [0.1, 0.15) is 0 Å². The van der Waals surface area contributed by atoms with Gasteiger partial charge in [-0.2, -0.15) is 0 Å². The van der Waals surface area contributed by atoms with Crippen molar-refractivity contribution in [3.05, 3.63) is 20.5 Å². The Kier molecular flexibility index (Phi) is 5.52. The van der Waals surface area contributed by atoms with E-state index in [1.807, 2.05) is 0 Å². The normalized spacial score (nSPS) is 17.0. The third-order valence-corrected chi connectivity index (χ3v) is 6.20. The highest BCUT2D eigenvalue weighted by molar-refractivity contribution is 7.91. The summed E-state index contributed by atoms with van der Waals surface area (Å²) in [5.74, 6) is 0. The van der Waals surface area contributed by atoms with Crippen molar-refractivity contribution < 1.29 is 18.1 Å². The molecule has 0 aliphatic carbocycles. The van der Waals surface area contributed by atoms with Crippen molar-refractivity contribution >= 4 is 38.6 Å². The molecule has 0 bridgehead atoms. The van der Waals surface area contributed by atoms with Crippen molar-refractivity contribution in [1.82, 2.24) is 9.62 Å². The largest absolute Gasteiger partial charge is 0.379 e. The van der Waals surface area contributed by atoms with Gasteiger partial charge in [0.2, 0.25) is 10.0 Å². The summed E-state index contributed by atoms with van der Waals surface area (Å²) in [6.45, 7) is 3.59. The maximum atomic E-state index is 12.0. The summed E-state index contributed by atoms with van der Waals surface area (Å²) < 4.78 is 31.4. The van der Waals surface area contributed by atoms with Crippen molar-refractivity contribution in [2.45, 2.75) is 4.21 Å². The van der Waals surface area contributed by atoms with E-state index in [0.717, 1.165) is 19.2 Å². The van der Waals surface area contributed by atoms with Crippen LogP contribution in [0.3, 0.4) is 0 Å². The fraction of sp³-hybridized carbons (Fsp3) is 0.600. The lowest BCUT2D eigenvalue weighted by Crippen LogP contribution is -2.41. The van der Waals surface area contributed by atoms with Crippen LogP contribution in [0.15, 0.2) is 10.3 Å². The number of ether oxygens (including phenoxy) is 1. The first-order chi connectivity index (χ1) is 9.90. The quantitative estimate of drug-likeness (QED) is 0.601. The molecule has 0 unspecified atom stereocenters. The fourth-order valence-electron chi connectivity index (χ4n) is 1.83. The summed E-state index contributed by atoms with van der Waals surface area (Å²) >= 11 is 6.34. The lowest BCUT2D eigenvalue weighted by Gasteiger charge is -2.26. The van der Waals surface area contributed by atoms with Crippen LogP contribution in [-0.4, -0.2) is 57.6 Å². The zero-order valence-electron chi connectivity index (χ0n) is 11.0. The Labute approximate surface area is 130 Å². The van der Waals surface area contributed by atoms with Crippen LogP contribution in [0.25, 0.3) is 0 Å². The van der Waals surface area contributed by atoms with Crippen LogP contribution in [0, 0.1) is 10.1 Å². The van der Waals surface area contributed by atoms with E-state index in [9.17, 15) is 18.5 Å². The SMILES string of the molecule is O=[N+]([O-])c1cc(S(=O)(=O)NCCN2CCOCC2)sc1Cl. The average molecular weight is 356 g/mol. The van der Waals surface area contributed by atoms with Gasteiger partial charge >= 0.3 is 0 Å². The molecular weight excluding hydrogens is 342 g/mol. The molecule has 1 aromatic rings. The van der Waals surface area contributed by atoms with E-state index in [4.69, 9.17) is 16.3 Å². The Hall–Kier alpha value is -0.780. The Bertz CT molecular complexity index is 612. The number of morpholine rings is 1. The van der Waals surface area contributed by atoms with E-state index >= 15 is 0 Å². The standard InChI is InChI=1S/C10H14ClN3O5S2/c11-10-8(14(15)16)7-9(20-10)21(17,18)12-1-2-13-3-5-19-6-4-13/h7,12H,1-6H2. The van der Waals surface area contributed by atoms with Crippen LogP contribution in [0.5, 0.6) is 0 Å². The maximum absolute atomic E-state index is 12.0. The maximum Gasteiger partial charge on any atom is 0.300 e. The lowest BCUT2D eigenvalue weighted by atomic mass is 10.4. The molecule has 0 saturated carbocycles. The van der Waals surface area contributed by atoms with Gasteiger partial charge < -0.3 is 4.74 Å². The summed E-state index contributed by atoms with van der Waals surface area (Å²) in [5, 5.41) is 10.7. The van der Waals surface area contributed by atoms with Crippen molar-refractivity contribution in [3.63, 3.8) is 0 Å². The van der Waals surface area contributed by atoms with Crippen molar-refractivity contribution in [3.8, 4) is 0 Å². The number of nitrogens with one attached hydrogen (secondary N) is 1. The molecule has 0 aromatic carbocycles. The van der Waals surface area contributed by atoms with E-state index in [1.54, 1.807) is 0 Å². The first-order valence-electron chi connectivity index (χ1n) is 6.13. The Morgan fingerprint density at radius 2 is 2.14 bits per heavy atom. The van der Waals surface area contributed by atoms with Gasteiger partial charge in [0.15, 0.2) is 4.34 Å². The third kappa shape index (κ3) is 4.34. The van der Waals surface area contributed by atoms with E-state index in [1.165, 1.54) is 0 Å². The lowest BCUT2D eigenvalue weighted by molar-refractivity contribution is -0.384. The summed E-state index contributed by atoms with van der Waals surface area (Å²) in [6.07, 6.45) is 0. The Morgan fingerprint density at radius 1 is 1.48 bits per heavy atom. The first-order valence-corrected chi connectivity index (χ1v) is 8.81. The second kappa shape index (κ2) is 6.99. The monoisotopic (exact) mass is 355 g/mol. The minimum Gasteiger partial charge on any atom is -0.379 e. The van der Waals surface area contributed by atoms with Gasteiger partial charge in [-0.3, -0.25) is 15.0 Å². The van der Waals surface area contributed by atoms with Crippen LogP contribution in [0.2, 0.25) is 4.34 Å². The van der Waals surface area contributed by atoms with Gasteiger partial charge in [-0.25, -0.2) is 13.1 Å². The van der Waals surface area contributed by atoms with Crippen molar-refractivity contribution in [2.24, 2.45) is 0 Å². The number of hydrogen-bond acceptors (Lipinski definition) is 7. The number of nitro groups is 1. The van der Waals surface area contributed by atoms with Crippen LogP contribution in [-0.2, 0) is 14.8 Å². The molecule has 0 spiro atoms. The molecule has 0 atom stereocenters. The topological polar surface area (TPSA) is 102 Å². The Morgan fingerprint density at radius 3 is 2.71 bits per heavy atom. The smallest absolute Gasteiger partial charge is 0.300 e. The van der Waals surface area contributed by atoms with Crippen LogP contribution >= 0.6 is 22.9 Å². The van der Waals surface area contributed by atoms with Gasteiger partial charge in [0.05, 0.1) is 18.1 Å².